The fraction of sp³-hybridized carbons (Fsp3) is 0.286. The van der Waals surface area contributed by atoms with Crippen molar-refractivity contribution in [1.82, 2.24) is 9.47 Å². The van der Waals surface area contributed by atoms with Gasteiger partial charge in [-0.3, -0.25) is 9.69 Å². The molecule has 2 aliphatic rings. The van der Waals surface area contributed by atoms with Crippen LogP contribution < -0.4 is 4.90 Å². The number of carbonyl (C=O) groups is 1. The molecule has 0 bridgehead atoms. The summed E-state index contributed by atoms with van der Waals surface area (Å²) < 4.78 is 7.67. The quantitative estimate of drug-likeness (QED) is 0.459. The molecule has 3 heterocycles. The number of nitrogens with zero attached hydrogens (tertiary/aromatic N) is 4. The Morgan fingerprint density at radius 1 is 0.943 bits per heavy atom. The van der Waals surface area contributed by atoms with Crippen molar-refractivity contribution in [3.63, 3.8) is 0 Å². The summed E-state index contributed by atoms with van der Waals surface area (Å²) >= 11 is 1.42. The van der Waals surface area contributed by atoms with E-state index in [-0.39, 0.29) is 5.91 Å². The molecule has 5 rings (SSSR count). The second-order valence-electron chi connectivity index (χ2n) is 8.98. The number of rotatable bonds is 4. The fourth-order valence-electron chi connectivity index (χ4n) is 4.49. The van der Waals surface area contributed by atoms with Crippen LogP contribution in [0.25, 0.3) is 11.8 Å². The van der Waals surface area contributed by atoms with Gasteiger partial charge in [0.15, 0.2) is 5.17 Å². The molecule has 1 aromatic heterocycles. The van der Waals surface area contributed by atoms with E-state index in [1.165, 1.54) is 23.0 Å². The molecule has 0 N–H and O–H groups in total. The Kier molecular flexibility index (Phi) is 6.54. The van der Waals surface area contributed by atoms with Crippen LogP contribution in [0.15, 0.2) is 64.5 Å². The minimum Gasteiger partial charge on any atom is -0.378 e. The maximum atomic E-state index is 13.0. The van der Waals surface area contributed by atoms with Crippen molar-refractivity contribution in [3.05, 3.63) is 82.0 Å². The van der Waals surface area contributed by atoms with Crippen molar-refractivity contribution in [1.29, 1.82) is 0 Å². The van der Waals surface area contributed by atoms with Crippen molar-refractivity contribution in [2.24, 2.45) is 4.99 Å². The highest BCUT2D eigenvalue weighted by molar-refractivity contribution is 8.18. The maximum absolute atomic E-state index is 13.0. The number of amidine groups is 1. The molecule has 2 fully saturated rings. The first-order chi connectivity index (χ1) is 16.9. The van der Waals surface area contributed by atoms with E-state index in [2.05, 4.69) is 72.7 Å². The summed E-state index contributed by atoms with van der Waals surface area (Å²) in [6.07, 6.45) is 1.99. The van der Waals surface area contributed by atoms with Crippen molar-refractivity contribution < 1.29 is 9.53 Å². The lowest BCUT2D eigenvalue weighted by atomic mass is 10.2. The molecule has 7 heteroatoms. The number of hydrogen-bond donors (Lipinski definition) is 0. The molecule has 0 saturated carbocycles. The van der Waals surface area contributed by atoms with E-state index in [1.54, 1.807) is 11.9 Å². The largest absolute Gasteiger partial charge is 0.378 e. The number of aryl methyl sites for hydroxylation is 2. The summed E-state index contributed by atoms with van der Waals surface area (Å²) in [5, 5.41) is 0.688. The van der Waals surface area contributed by atoms with Crippen LogP contribution in [0.4, 0.5) is 11.4 Å². The van der Waals surface area contributed by atoms with Gasteiger partial charge in [-0.1, -0.05) is 17.7 Å². The third kappa shape index (κ3) is 4.79. The van der Waals surface area contributed by atoms with Crippen LogP contribution in [0.2, 0.25) is 0 Å². The monoisotopic (exact) mass is 486 g/mol. The van der Waals surface area contributed by atoms with Crippen LogP contribution in [-0.2, 0) is 9.53 Å². The average Bonchev–Trinajstić information content (AvgIpc) is 3.30. The van der Waals surface area contributed by atoms with Gasteiger partial charge in [-0.15, -0.1) is 0 Å². The third-order valence-electron chi connectivity index (χ3n) is 6.50. The van der Waals surface area contributed by atoms with Gasteiger partial charge in [0, 0.05) is 42.9 Å². The molecule has 3 aromatic rings. The van der Waals surface area contributed by atoms with Crippen LogP contribution in [-0.4, -0.2) is 53.9 Å². The molecule has 180 valence electrons. The van der Waals surface area contributed by atoms with Gasteiger partial charge >= 0.3 is 0 Å². The molecule has 6 nitrogen and oxygen atoms in total. The molecular weight excluding hydrogens is 456 g/mol. The summed E-state index contributed by atoms with van der Waals surface area (Å²) in [6.45, 7) is 9.60. The zero-order valence-corrected chi connectivity index (χ0v) is 21.4. The van der Waals surface area contributed by atoms with Gasteiger partial charge in [0.1, 0.15) is 0 Å². The molecule has 0 unspecified atom stereocenters. The highest BCUT2D eigenvalue weighted by Gasteiger charge is 2.30. The van der Waals surface area contributed by atoms with Crippen LogP contribution in [0, 0.1) is 20.8 Å². The van der Waals surface area contributed by atoms with Gasteiger partial charge in [0.05, 0.1) is 23.8 Å². The second kappa shape index (κ2) is 9.76. The van der Waals surface area contributed by atoms with Gasteiger partial charge in [-0.2, -0.15) is 0 Å². The number of anilines is 1. The third-order valence-corrected chi connectivity index (χ3v) is 7.56. The zero-order valence-electron chi connectivity index (χ0n) is 20.6. The normalized spacial score (nSPS) is 18.8. The molecule has 0 spiro atoms. The van der Waals surface area contributed by atoms with E-state index in [0.717, 1.165) is 54.6 Å². The number of benzene rings is 2. The fourth-order valence-corrected chi connectivity index (χ4v) is 5.47. The molecule has 2 aromatic carbocycles. The first-order valence-corrected chi connectivity index (χ1v) is 12.7. The molecule has 0 radical (unpaired) electrons. The van der Waals surface area contributed by atoms with Crippen molar-refractivity contribution >= 4 is 40.3 Å². The first kappa shape index (κ1) is 23.5. The van der Waals surface area contributed by atoms with Crippen molar-refractivity contribution in [3.8, 4) is 5.69 Å². The number of amides is 1. The van der Waals surface area contributed by atoms with Gasteiger partial charge < -0.3 is 14.2 Å². The summed E-state index contributed by atoms with van der Waals surface area (Å²) in [4.78, 5) is 22.4. The average molecular weight is 487 g/mol. The standard InChI is InChI=1S/C28H30N4O2S/c1-19-5-9-25(10-6-19)32-20(2)17-22(21(32)3)18-26-27(33)30(4)28(35-26)29-23-7-11-24(12-8-23)31-13-15-34-16-14-31/h5-12,17-18H,13-16H2,1-4H3/b26-18+,29-28?. The molecule has 0 atom stereocenters. The zero-order chi connectivity index (χ0) is 24.5. The van der Waals surface area contributed by atoms with Gasteiger partial charge in [-0.25, -0.2) is 4.99 Å². The Hall–Kier alpha value is -3.29. The first-order valence-electron chi connectivity index (χ1n) is 11.9. The van der Waals surface area contributed by atoms with Gasteiger partial charge in [0.2, 0.25) is 0 Å². The summed E-state index contributed by atoms with van der Waals surface area (Å²) in [6, 6.07) is 18.8. The van der Waals surface area contributed by atoms with Gasteiger partial charge in [-0.05, 0) is 86.6 Å². The predicted octanol–water partition coefficient (Wildman–Crippen LogP) is 5.47. The number of aromatic nitrogens is 1. The smallest absolute Gasteiger partial charge is 0.266 e. The molecule has 0 aliphatic carbocycles. The highest BCUT2D eigenvalue weighted by atomic mass is 32.2. The number of morpholine rings is 1. The number of likely N-dealkylation sites (N-methyl/N-ethyl adjacent to an activating group) is 1. The van der Waals surface area contributed by atoms with E-state index in [4.69, 9.17) is 9.73 Å². The number of carbonyl (C=O) groups excluding carboxylic acids is 1. The Morgan fingerprint density at radius 3 is 2.29 bits per heavy atom. The van der Waals surface area contributed by atoms with Gasteiger partial charge in [0.25, 0.3) is 5.91 Å². The Bertz CT molecular complexity index is 1300. The summed E-state index contributed by atoms with van der Waals surface area (Å²) in [5.41, 5.74) is 7.66. The lowest BCUT2D eigenvalue weighted by Crippen LogP contribution is -2.36. The van der Waals surface area contributed by atoms with Crippen molar-refractivity contribution in [2.45, 2.75) is 20.8 Å². The predicted molar refractivity (Wildman–Crippen MR) is 145 cm³/mol. The van der Waals surface area contributed by atoms with Crippen LogP contribution in [0.5, 0.6) is 0 Å². The molecule has 35 heavy (non-hydrogen) atoms. The van der Waals surface area contributed by atoms with Crippen LogP contribution >= 0.6 is 11.8 Å². The highest BCUT2D eigenvalue weighted by Crippen LogP contribution is 2.35. The molecule has 2 saturated heterocycles. The lowest BCUT2D eigenvalue weighted by Gasteiger charge is -2.28. The Morgan fingerprint density at radius 2 is 1.60 bits per heavy atom. The number of hydrogen-bond acceptors (Lipinski definition) is 5. The van der Waals surface area contributed by atoms with E-state index in [9.17, 15) is 4.79 Å². The number of aliphatic imine (C=N–C) groups is 1. The molecular formula is C28H30N4O2S. The SMILES string of the molecule is Cc1ccc(-n2c(C)cc(/C=C3/SC(=Nc4ccc(N5CCOCC5)cc4)N(C)C3=O)c2C)cc1. The lowest BCUT2D eigenvalue weighted by molar-refractivity contribution is -0.121. The second-order valence-corrected chi connectivity index (χ2v) is 9.99. The minimum absolute atomic E-state index is 0.0289. The molecule has 2 aliphatic heterocycles. The summed E-state index contributed by atoms with van der Waals surface area (Å²) in [7, 11) is 1.78. The topological polar surface area (TPSA) is 50.1 Å². The molecule has 1 amide bonds. The van der Waals surface area contributed by atoms with E-state index in [1.807, 2.05) is 18.2 Å². The van der Waals surface area contributed by atoms with Crippen molar-refractivity contribution in [2.75, 3.05) is 38.3 Å². The van der Waals surface area contributed by atoms with E-state index in [0.29, 0.717) is 10.1 Å². The van der Waals surface area contributed by atoms with E-state index >= 15 is 0 Å². The minimum atomic E-state index is -0.0289. The summed E-state index contributed by atoms with van der Waals surface area (Å²) in [5.74, 6) is -0.0289. The van der Waals surface area contributed by atoms with Crippen LogP contribution in [0.1, 0.15) is 22.5 Å². The Balaban J connectivity index is 1.38. The maximum Gasteiger partial charge on any atom is 0.266 e. The number of thioether (sulfide) groups is 1. The van der Waals surface area contributed by atoms with E-state index < -0.39 is 0 Å². The van der Waals surface area contributed by atoms with Crippen LogP contribution in [0.3, 0.4) is 0 Å². The Labute approximate surface area is 210 Å². The number of ether oxygens (including phenoxy) is 1.